The van der Waals surface area contributed by atoms with Crippen LogP contribution in [0.4, 0.5) is 0 Å². The molecule has 0 aromatic carbocycles. The van der Waals surface area contributed by atoms with Crippen molar-refractivity contribution in [2.24, 2.45) is 0 Å². The predicted octanol–water partition coefficient (Wildman–Crippen LogP) is -1.42. The molecule has 1 rings (SSSR count). The quantitative estimate of drug-likeness (QED) is 0.467. The van der Waals surface area contributed by atoms with E-state index in [-0.39, 0.29) is 0 Å². The molecule has 1 aliphatic heterocycles. The van der Waals surface area contributed by atoms with Crippen molar-refractivity contribution in [1.82, 2.24) is 0 Å². The normalized spacial score (nSPS) is 31.0. The zero-order chi connectivity index (χ0) is 17.0. The lowest BCUT2D eigenvalue weighted by Crippen LogP contribution is -2.62. The number of aliphatic carboxylic acids is 1. The molecule has 124 valence electrons. The van der Waals surface area contributed by atoms with Crippen molar-refractivity contribution in [1.29, 1.82) is 0 Å². The van der Waals surface area contributed by atoms with Crippen LogP contribution >= 0.6 is 0 Å². The Balaban J connectivity index is 3.13. The van der Waals surface area contributed by atoms with Crippen LogP contribution in [0, 0.1) is 0 Å². The van der Waals surface area contributed by atoms with Gasteiger partial charge in [-0.2, -0.15) is 0 Å². The number of carbonyl (C=O) groups excluding carboxylic acids is 3. The van der Waals surface area contributed by atoms with Crippen LogP contribution in [0.2, 0.25) is 0 Å². The standard InChI is InChI=1S/C12H16O10/c1-4(13)19-8-7(16)12(21-6(3)15)22-10(11(17)18)9(8)20-5(2)14/h7-10,12,16H,1-3H3,(H,17,18)/t7-,8-,9+,10+,12-/m1/s1. The Morgan fingerprint density at radius 2 is 1.32 bits per heavy atom. The minimum absolute atomic E-state index is 0.847. The van der Waals surface area contributed by atoms with Crippen molar-refractivity contribution < 1.29 is 48.3 Å². The van der Waals surface area contributed by atoms with Crippen LogP contribution < -0.4 is 0 Å². The maximum Gasteiger partial charge on any atom is 0.337 e. The molecule has 0 spiro atoms. The summed E-state index contributed by atoms with van der Waals surface area (Å²) in [6, 6.07) is 0. The van der Waals surface area contributed by atoms with Crippen LogP contribution in [0.3, 0.4) is 0 Å². The fourth-order valence-corrected chi connectivity index (χ4v) is 1.93. The van der Waals surface area contributed by atoms with Crippen LogP contribution in [0.1, 0.15) is 20.8 Å². The number of aliphatic hydroxyl groups excluding tert-OH is 1. The Morgan fingerprint density at radius 1 is 0.864 bits per heavy atom. The zero-order valence-electron chi connectivity index (χ0n) is 12.0. The Hall–Kier alpha value is -2.20. The summed E-state index contributed by atoms with van der Waals surface area (Å²) in [6.45, 7) is 3.04. The molecule has 0 radical (unpaired) electrons. The second-order valence-corrected chi connectivity index (χ2v) is 4.51. The molecule has 1 saturated heterocycles. The van der Waals surface area contributed by atoms with E-state index in [2.05, 4.69) is 4.74 Å². The largest absolute Gasteiger partial charge is 0.479 e. The first-order valence-corrected chi connectivity index (χ1v) is 6.21. The Bertz CT molecular complexity index is 473. The molecular weight excluding hydrogens is 304 g/mol. The van der Waals surface area contributed by atoms with Gasteiger partial charge in [0.1, 0.15) is 0 Å². The summed E-state index contributed by atoms with van der Waals surface area (Å²) in [6.07, 6.45) is -8.37. The zero-order valence-corrected chi connectivity index (χ0v) is 12.0. The molecule has 0 bridgehead atoms. The molecule has 0 aliphatic carbocycles. The molecule has 22 heavy (non-hydrogen) atoms. The van der Waals surface area contributed by atoms with Gasteiger partial charge in [-0.1, -0.05) is 0 Å². The number of carboxylic acid groups (broad SMARTS) is 1. The molecule has 1 heterocycles. The molecule has 10 nitrogen and oxygen atoms in total. The number of carboxylic acids is 1. The second-order valence-electron chi connectivity index (χ2n) is 4.51. The van der Waals surface area contributed by atoms with Crippen LogP contribution in [0.15, 0.2) is 0 Å². The number of hydrogen-bond acceptors (Lipinski definition) is 9. The summed E-state index contributed by atoms with van der Waals surface area (Å²) in [5.74, 6) is -4.11. The molecule has 0 saturated carbocycles. The van der Waals surface area contributed by atoms with E-state index in [1.54, 1.807) is 0 Å². The molecule has 1 aliphatic rings. The number of esters is 3. The lowest BCUT2D eigenvalue weighted by molar-refractivity contribution is -0.290. The molecule has 0 unspecified atom stereocenters. The number of hydrogen-bond donors (Lipinski definition) is 2. The van der Waals surface area contributed by atoms with Gasteiger partial charge in [0.05, 0.1) is 0 Å². The lowest BCUT2D eigenvalue weighted by Gasteiger charge is -2.40. The third kappa shape index (κ3) is 4.40. The third-order valence-corrected chi connectivity index (χ3v) is 2.65. The van der Waals surface area contributed by atoms with Gasteiger partial charge >= 0.3 is 23.9 Å². The third-order valence-electron chi connectivity index (χ3n) is 2.65. The second kappa shape index (κ2) is 7.18. The first kappa shape index (κ1) is 17.9. The Labute approximate surface area is 124 Å². The van der Waals surface area contributed by atoms with Crippen molar-refractivity contribution >= 4 is 23.9 Å². The topological polar surface area (TPSA) is 146 Å². The smallest absolute Gasteiger partial charge is 0.337 e. The summed E-state index contributed by atoms with van der Waals surface area (Å²) in [5.41, 5.74) is 0. The highest BCUT2D eigenvalue weighted by atomic mass is 16.7. The molecule has 0 amide bonds. The van der Waals surface area contributed by atoms with Gasteiger partial charge in [0, 0.05) is 20.8 Å². The van der Waals surface area contributed by atoms with Crippen molar-refractivity contribution in [3.05, 3.63) is 0 Å². The highest BCUT2D eigenvalue weighted by Crippen LogP contribution is 2.27. The average molecular weight is 320 g/mol. The first-order chi connectivity index (χ1) is 10.1. The molecule has 2 N–H and O–H groups in total. The van der Waals surface area contributed by atoms with Crippen LogP contribution in [-0.4, -0.2) is 64.8 Å². The van der Waals surface area contributed by atoms with E-state index in [1.165, 1.54) is 0 Å². The Kier molecular flexibility index (Phi) is 5.83. The highest BCUT2D eigenvalue weighted by Gasteiger charge is 2.53. The Morgan fingerprint density at radius 3 is 1.73 bits per heavy atom. The SMILES string of the molecule is CC(=O)O[C@@H]1O[C@H](C(=O)O)[C@@H](OC(C)=O)[C@H](OC(C)=O)[C@H]1O. The van der Waals surface area contributed by atoms with E-state index in [0.29, 0.717) is 0 Å². The monoisotopic (exact) mass is 320 g/mol. The number of carbonyl (C=O) groups is 4. The highest BCUT2D eigenvalue weighted by molar-refractivity contribution is 5.75. The lowest BCUT2D eigenvalue weighted by atomic mass is 9.98. The van der Waals surface area contributed by atoms with Gasteiger partial charge in [0.2, 0.25) is 6.29 Å². The fraction of sp³-hybridized carbons (Fsp3) is 0.667. The van der Waals surface area contributed by atoms with Gasteiger partial charge in [-0.05, 0) is 0 Å². The summed E-state index contributed by atoms with van der Waals surface area (Å²) in [7, 11) is 0. The van der Waals surface area contributed by atoms with Gasteiger partial charge in [-0.25, -0.2) is 4.79 Å². The molecule has 5 atom stereocenters. The number of aliphatic hydroxyl groups is 1. The fourth-order valence-electron chi connectivity index (χ4n) is 1.93. The molecule has 1 fully saturated rings. The number of rotatable bonds is 4. The van der Waals surface area contributed by atoms with Crippen molar-refractivity contribution in [3.63, 3.8) is 0 Å². The van der Waals surface area contributed by atoms with Gasteiger partial charge in [0.15, 0.2) is 24.4 Å². The van der Waals surface area contributed by atoms with E-state index in [1.807, 2.05) is 0 Å². The van der Waals surface area contributed by atoms with E-state index in [0.717, 1.165) is 20.8 Å². The summed E-state index contributed by atoms with van der Waals surface area (Å²) in [4.78, 5) is 44.4. The van der Waals surface area contributed by atoms with E-state index >= 15 is 0 Å². The van der Waals surface area contributed by atoms with Crippen LogP contribution in [-0.2, 0) is 38.1 Å². The van der Waals surface area contributed by atoms with Crippen molar-refractivity contribution in [2.45, 2.75) is 51.5 Å². The van der Waals surface area contributed by atoms with Crippen LogP contribution in [0.25, 0.3) is 0 Å². The van der Waals surface area contributed by atoms with Crippen molar-refractivity contribution in [2.75, 3.05) is 0 Å². The van der Waals surface area contributed by atoms with Crippen LogP contribution in [0.5, 0.6) is 0 Å². The van der Waals surface area contributed by atoms with Gasteiger partial charge in [0.25, 0.3) is 0 Å². The minimum atomic E-state index is -1.79. The summed E-state index contributed by atoms with van der Waals surface area (Å²) in [5, 5.41) is 19.2. The van der Waals surface area contributed by atoms with Gasteiger partial charge in [-0.15, -0.1) is 0 Å². The molecule has 0 aromatic rings. The predicted molar refractivity (Wildman–Crippen MR) is 65.2 cm³/mol. The first-order valence-electron chi connectivity index (χ1n) is 6.21. The van der Waals surface area contributed by atoms with E-state index < -0.39 is 54.6 Å². The molecular formula is C12H16O10. The average Bonchev–Trinajstić information content (AvgIpc) is 2.35. The summed E-state index contributed by atoms with van der Waals surface area (Å²) >= 11 is 0. The van der Waals surface area contributed by atoms with Gasteiger partial charge < -0.3 is 29.2 Å². The molecule has 10 heteroatoms. The maximum atomic E-state index is 11.2. The van der Waals surface area contributed by atoms with Gasteiger partial charge in [-0.3, -0.25) is 14.4 Å². The molecule has 0 aromatic heterocycles. The maximum absolute atomic E-state index is 11.2. The van der Waals surface area contributed by atoms with Crippen molar-refractivity contribution in [3.8, 4) is 0 Å². The van der Waals surface area contributed by atoms with E-state index in [9.17, 15) is 24.3 Å². The summed E-state index contributed by atoms with van der Waals surface area (Å²) < 4.78 is 19.2. The van der Waals surface area contributed by atoms with E-state index in [4.69, 9.17) is 19.3 Å². The minimum Gasteiger partial charge on any atom is -0.479 e. The number of ether oxygens (including phenoxy) is 4.